The minimum Gasteiger partial charge on any atom is -0.550 e. The lowest BCUT2D eigenvalue weighted by molar-refractivity contribution is -0.305. The van der Waals surface area contributed by atoms with Gasteiger partial charge in [-0.2, -0.15) is 0 Å². The number of carbonyl (C=O) groups is 1. The second kappa shape index (κ2) is 6.32. The molecule has 0 aliphatic rings. The molecule has 4 nitrogen and oxygen atoms in total. The van der Waals surface area contributed by atoms with Crippen molar-refractivity contribution in [3.63, 3.8) is 0 Å². The molecule has 0 saturated carbocycles. The molecule has 2 heterocycles. The molecule has 0 radical (unpaired) electrons. The third kappa shape index (κ3) is 3.04. The van der Waals surface area contributed by atoms with Crippen LogP contribution in [0.5, 0.6) is 0 Å². The number of aryl methyl sites for hydroxylation is 1. The van der Waals surface area contributed by atoms with E-state index in [4.69, 9.17) is 0 Å². The van der Waals surface area contributed by atoms with Crippen LogP contribution in [-0.2, 0) is 11.2 Å². The fraction of sp³-hybridized carbons (Fsp3) is 0.176. The van der Waals surface area contributed by atoms with Gasteiger partial charge >= 0.3 is 0 Å². The first-order valence-corrected chi connectivity index (χ1v) is 7.86. The fourth-order valence-corrected chi connectivity index (χ4v) is 2.98. The lowest BCUT2D eigenvalue weighted by atomic mass is 10.0. The zero-order valence-electron chi connectivity index (χ0n) is 11.8. The van der Waals surface area contributed by atoms with Gasteiger partial charge in [0, 0.05) is 27.5 Å². The maximum absolute atomic E-state index is 10.7. The molecule has 0 amide bonds. The van der Waals surface area contributed by atoms with E-state index in [0.717, 1.165) is 32.3 Å². The molecule has 5 heteroatoms. The molecule has 0 aliphatic heterocycles. The largest absolute Gasteiger partial charge is 0.550 e. The maximum atomic E-state index is 10.7. The van der Waals surface area contributed by atoms with Gasteiger partial charge < -0.3 is 14.9 Å². The number of pyridine rings is 1. The minimum absolute atomic E-state index is 0.0579. The van der Waals surface area contributed by atoms with Crippen molar-refractivity contribution in [2.75, 3.05) is 0 Å². The number of aromatic amines is 1. The topological polar surface area (TPSA) is 68.8 Å². The van der Waals surface area contributed by atoms with Crippen molar-refractivity contribution in [2.24, 2.45) is 0 Å². The second-order valence-electron chi connectivity index (χ2n) is 5.11. The Labute approximate surface area is 136 Å². The standard InChI is InChI=1S/C17H15BrN2O2/c18-11-7-8-14-13(10-11)12(4-3-6-16(21)22)17(20-14)15-5-1-2-9-19-15/h1-2,5,7-10,20H,3-4,6H2,(H,21,22)/p-1. The fourth-order valence-electron chi connectivity index (χ4n) is 2.62. The lowest BCUT2D eigenvalue weighted by Gasteiger charge is -2.05. The van der Waals surface area contributed by atoms with E-state index in [9.17, 15) is 9.90 Å². The van der Waals surface area contributed by atoms with E-state index >= 15 is 0 Å². The van der Waals surface area contributed by atoms with Crippen LogP contribution in [0.15, 0.2) is 47.1 Å². The van der Waals surface area contributed by atoms with E-state index in [-0.39, 0.29) is 6.42 Å². The third-order valence-electron chi connectivity index (χ3n) is 3.60. The van der Waals surface area contributed by atoms with Crippen LogP contribution in [0.2, 0.25) is 0 Å². The van der Waals surface area contributed by atoms with Crippen LogP contribution in [0.4, 0.5) is 0 Å². The predicted octanol–water partition coefficient (Wildman–Crippen LogP) is 3.07. The van der Waals surface area contributed by atoms with Crippen LogP contribution in [0, 0.1) is 0 Å². The number of benzene rings is 1. The number of carboxylic acid groups (broad SMARTS) is 1. The summed E-state index contributed by atoms with van der Waals surface area (Å²) in [6.45, 7) is 0. The molecular weight excluding hydrogens is 344 g/mol. The number of carboxylic acids is 1. The quantitative estimate of drug-likeness (QED) is 0.762. The van der Waals surface area contributed by atoms with Gasteiger partial charge in [-0.1, -0.05) is 22.0 Å². The van der Waals surface area contributed by atoms with E-state index in [1.165, 1.54) is 0 Å². The van der Waals surface area contributed by atoms with Crippen molar-refractivity contribution in [3.05, 3.63) is 52.6 Å². The molecule has 0 aliphatic carbocycles. The Morgan fingerprint density at radius 1 is 1.27 bits per heavy atom. The Balaban J connectivity index is 2.07. The van der Waals surface area contributed by atoms with Gasteiger partial charge in [0.2, 0.25) is 0 Å². The Morgan fingerprint density at radius 3 is 2.86 bits per heavy atom. The molecule has 22 heavy (non-hydrogen) atoms. The number of hydrogen-bond acceptors (Lipinski definition) is 3. The highest BCUT2D eigenvalue weighted by Gasteiger charge is 2.14. The Kier molecular flexibility index (Phi) is 4.24. The zero-order chi connectivity index (χ0) is 15.5. The van der Waals surface area contributed by atoms with Crippen LogP contribution < -0.4 is 5.11 Å². The van der Waals surface area contributed by atoms with Gasteiger partial charge in [0.1, 0.15) is 0 Å². The number of nitrogens with zero attached hydrogens (tertiary/aromatic N) is 1. The Bertz CT molecular complexity index is 812. The molecule has 0 bridgehead atoms. The van der Waals surface area contributed by atoms with E-state index in [1.807, 2.05) is 36.4 Å². The van der Waals surface area contributed by atoms with Crippen molar-refractivity contribution in [1.29, 1.82) is 0 Å². The van der Waals surface area contributed by atoms with Crippen LogP contribution in [0.25, 0.3) is 22.3 Å². The van der Waals surface area contributed by atoms with E-state index in [1.54, 1.807) is 6.20 Å². The molecule has 1 aromatic carbocycles. The number of carbonyl (C=O) groups excluding carboxylic acids is 1. The van der Waals surface area contributed by atoms with Crippen LogP contribution in [0.3, 0.4) is 0 Å². The molecule has 0 unspecified atom stereocenters. The summed E-state index contributed by atoms with van der Waals surface area (Å²) in [5.41, 5.74) is 3.92. The van der Waals surface area contributed by atoms with Crippen LogP contribution in [-0.4, -0.2) is 15.9 Å². The minimum atomic E-state index is -1.01. The van der Waals surface area contributed by atoms with Crippen LogP contribution >= 0.6 is 15.9 Å². The number of H-pyrrole nitrogens is 1. The molecule has 3 aromatic rings. The van der Waals surface area contributed by atoms with Gasteiger partial charge in [-0.15, -0.1) is 0 Å². The highest BCUT2D eigenvalue weighted by atomic mass is 79.9. The second-order valence-corrected chi connectivity index (χ2v) is 6.02. The van der Waals surface area contributed by atoms with Crippen molar-refractivity contribution in [1.82, 2.24) is 9.97 Å². The Morgan fingerprint density at radius 2 is 2.14 bits per heavy atom. The number of aromatic nitrogens is 2. The molecular formula is C17H14BrN2O2-. The SMILES string of the molecule is O=C([O-])CCCc1c(-c2ccccn2)[nH]c2ccc(Br)cc12. The van der Waals surface area contributed by atoms with E-state index in [0.29, 0.717) is 12.8 Å². The Hall–Kier alpha value is -2.14. The first kappa shape index (κ1) is 14.8. The van der Waals surface area contributed by atoms with Crippen molar-refractivity contribution in [3.8, 4) is 11.4 Å². The summed E-state index contributed by atoms with van der Waals surface area (Å²) in [4.78, 5) is 18.5. The summed E-state index contributed by atoms with van der Waals surface area (Å²) < 4.78 is 0.993. The number of fused-ring (bicyclic) bond motifs is 1. The number of aliphatic carboxylic acids is 1. The molecule has 112 valence electrons. The third-order valence-corrected chi connectivity index (χ3v) is 4.09. The molecule has 1 N–H and O–H groups in total. The number of hydrogen-bond donors (Lipinski definition) is 1. The maximum Gasteiger partial charge on any atom is 0.0867 e. The highest BCUT2D eigenvalue weighted by molar-refractivity contribution is 9.10. The molecule has 0 fully saturated rings. The van der Waals surface area contributed by atoms with E-state index < -0.39 is 5.97 Å². The number of halogens is 1. The summed E-state index contributed by atoms with van der Waals surface area (Å²) in [5.74, 6) is -1.01. The van der Waals surface area contributed by atoms with Gasteiger partial charge in [0.05, 0.1) is 11.4 Å². The normalized spacial score (nSPS) is 11.0. The summed E-state index contributed by atoms with van der Waals surface area (Å²) in [5, 5.41) is 11.8. The summed E-state index contributed by atoms with van der Waals surface area (Å²) in [7, 11) is 0. The molecule has 2 aromatic heterocycles. The van der Waals surface area contributed by atoms with Gasteiger partial charge in [-0.3, -0.25) is 4.98 Å². The van der Waals surface area contributed by atoms with Gasteiger partial charge in [-0.05, 0) is 55.2 Å². The summed E-state index contributed by atoms with van der Waals surface area (Å²) in [6, 6.07) is 11.8. The van der Waals surface area contributed by atoms with Gasteiger partial charge in [-0.25, -0.2) is 0 Å². The zero-order valence-corrected chi connectivity index (χ0v) is 13.4. The summed E-state index contributed by atoms with van der Waals surface area (Å²) >= 11 is 3.49. The highest BCUT2D eigenvalue weighted by Crippen LogP contribution is 2.32. The van der Waals surface area contributed by atoms with Crippen LogP contribution in [0.1, 0.15) is 18.4 Å². The first-order chi connectivity index (χ1) is 10.6. The summed E-state index contributed by atoms with van der Waals surface area (Å²) in [6.07, 6.45) is 3.02. The number of nitrogens with one attached hydrogen (secondary N) is 1. The van der Waals surface area contributed by atoms with Crippen molar-refractivity contribution >= 4 is 32.8 Å². The average Bonchev–Trinajstić information content (AvgIpc) is 2.86. The molecule has 3 rings (SSSR count). The van der Waals surface area contributed by atoms with E-state index in [2.05, 4.69) is 25.9 Å². The first-order valence-electron chi connectivity index (χ1n) is 7.06. The van der Waals surface area contributed by atoms with Gasteiger partial charge in [0.15, 0.2) is 0 Å². The van der Waals surface area contributed by atoms with Crippen molar-refractivity contribution < 1.29 is 9.90 Å². The monoisotopic (exact) mass is 357 g/mol. The lowest BCUT2D eigenvalue weighted by Crippen LogP contribution is -2.21. The smallest absolute Gasteiger partial charge is 0.0867 e. The molecule has 0 saturated heterocycles. The number of rotatable bonds is 5. The molecule has 0 atom stereocenters. The van der Waals surface area contributed by atoms with Gasteiger partial charge in [0.25, 0.3) is 0 Å². The predicted molar refractivity (Wildman–Crippen MR) is 87.2 cm³/mol. The van der Waals surface area contributed by atoms with Crippen molar-refractivity contribution in [2.45, 2.75) is 19.3 Å². The molecule has 0 spiro atoms. The average molecular weight is 358 g/mol.